The van der Waals surface area contributed by atoms with E-state index in [1.54, 1.807) is 48.5 Å². The van der Waals surface area contributed by atoms with E-state index in [-0.39, 0.29) is 10.8 Å². The SMILES string of the molecule is Cc1[nH]n(-c2ccc(S(=N)(=O)C3CC3)cc2)c(=O)c1-c1ccc(C#N)cc1. The standard InChI is InChI=1S/C20H18N4O2S/c1-13-19(15-4-2-14(12-21)3-5-15)20(25)24(23-13)16-6-8-17(9-7-16)27(22,26)18-10-11-18/h2-9,18,22-23H,10-11H2,1H3. The van der Waals surface area contributed by atoms with Crippen molar-refractivity contribution in [1.29, 1.82) is 10.0 Å². The number of aryl methyl sites for hydroxylation is 1. The van der Waals surface area contributed by atoms with Crippen LogP contribution in [0.3, 0.4) is 0 Å². The lowest BCUT2D eigenvalue weighted by molar-refractivity contribution is 0.673. The number of aromatic nitrogens is 2. The van der Waals surface area contributed by atoms with E-state index in [9.17, 15) is 9.00 Å². The number of H-pyrrole nitrogens is 1. The maximum atomic E-state index is 12.9. The number of hydrogen-bond donors (Lipinski definition) is 2. The summed E-state index contributed by atoms with van der Waals surface area (Å²) < 4.78 is 22.1. The molecule has 136 valence electrons. The molecule has 27 heavy (non-hydrogen) atoms. The number of nitrogens with one attached hydrogen (secondary N) is 2. The minimum Gasteiger partial charge on any atom is -0.295 e. The van der Waals surface area contributed by atoms with Crippen LogP contribution in [0, 0.1) is 23.0 Å². The summed E-state index contributed by atoms with van der Waals surface area (Å²) in [5.41, 5.74) is 2.97. The molecule has 6 nitrogen and oxygen atoms in total. The van der Waals surface area contributed by atoms with Gasteiger partial charge in [-0.15, -0.1) is 0 Å². The average molecular weight is 378 g/mol. The Balaban J connectivity index is 1.73. The molecule has 0 saturated heterocycles. The van der Waals surface area contributed by atoms with Crippen LogP contribution in [0.5, 0.6) is 0 Å². The summed E-state index contributed by atoms with van der Waals surface area (Å²) in [7, 11) is -2.75. The zero-order chi connectivity index (χ0) is 19.2. The van der Waals surface area contributed by atoms with Gasteiger partial charge in [-0.25, -0.2) is 13.7 Å². The van der Waals surface area contributed by atoms with Crippen molar-refractivity contribution < 1.29 is 4.21 Å². The van der Waals surface area contributed by atoms with Crippen LogP contribution in [-0.2, 0) is 9.73 Å². The van der Waals surface area contributed by atoms with Crippen LogP contribution in [0.4, 0.5) is 0 Å². The van der Waals surface area contributed by atoms with Gasteiger partial charge >= 0.3 is 0 Å². The van der Waals surface area contributed by atoms with Gasteiger partial charge in [0.25, 0.3) is 5.56 Å². The van der Waals surface area contributed by atoms with E-state index in [0.29, 0.717) is 21.7 Å². The van der Waals surface area contributed by atoms with Gasteiger partial charge in [0.15, 0.2) is 0 Å². The molecule has 0 amide bonds. The fourth-order valence-corrected chi connectivity index (χ4v) is 4.89. The lowest BCUT2D eigenvalue weighted by atomic mass is 10.1. The normalized spacial score (nSPS) is 15.9. The first-order valence-electron chi connectivity index (χ1n) is 8.62. The van der Waals surface area contributed by atoms with Gasteiger partial charge in [-0.3, -0.25) is 9.89 Å². The minimum absolute atomic E-state index is 0.0400. The monoisotopic (exact) mass is 378 g/mol. The molecule has 1 fully saturated rings. The first kappa shape index (κ1) is 17.3. The van der Waals surface area contributed by atoms with E-state index in [2.05, 4.69) is 11.2 Å². The molecule has 1 aliphatic carbocycles. The van der Waals surface area contributed by atoms with Gasteiger partial charge in [0, 0.05) is 15.8 Å². The third-order valence-corrected chi connectivity index (χ3v) is 7.20. The van der Waals surface area contributed by atoms with Crippen molar-refractivity contribution in [2.45, 2.75) is 29.9 Å². The van der Waals surface area contributed by atoms with Crippen LogP contribution in [0.2, 0.25) is 0 Å². The Labute approximate surface area is 157 Å². The van der Waals surface area contributed by atoms with Crippen molar-refractivity contribution >= 4 is 9.73 Å². The topological polar surface area (TPSA) is 102 Å². The molecule has 1 aliphatic rings. The van der Waals surface area contributed by atoms with E-state index in [1.165, 1.54) is 4.68 Å². The molecule has 1 heterocycles. The van der Waals surface area contributed by atoms with Crippen LogP contribution in [0.15, 0.2) is 58.2 Å². The van der Waals surface area contributed by atoms with E-state index < -0.39 is 9.73 Å². The van der Waals surface area contributed by atoms with Crippen LogP contribution in [-0.4, -0.2) is 19.2 Å². The summed E-state index contributed by atoms with van der Waals surface area (Å²) in [6.45, 7) is 1.82. The molecule has 1 aromatic heterocycles. The maximum absolute atomic E-state index is 12.9. The zero-order valence-corrected chi connectivity index (χ0v) is 15.5. The summed E-state index contributed by atoms with van der Waals surface area (Å²) in [5.74, 6) is 0. The molecule has 0 bridgehead atoms. The largest absolute Gasteiger partial charge is 0.295 e. The highest BCUT2D eigenvalue weighted by Gasteiger charge is 2.33. The minimum atomic E-state index is -2.75. The summed E-state index contributed by atoms with van der Waals surface area (Å²) in [4.78, 5) is 13.4. The Kier molecular flexibility index (Phi) is 4.01. The molecule has 4 rings (SSSR count). The predicted octanol–water partition coefficient (Wildman–Crippen LogP) is 3.58. The van der Waals surface area contributed by atoms with Gasteiger partial charge in [-0.1, -0.05) is 12.1 Å². The number of rotatable bonds is 4. The van der Waals surface area contributed by atoms with Crippen molar-refractivity contribution in [2.75, 3.05) is 0 Å². The van der Waals surface area contributed by atoms with Crippen molar-refractivity contribution in [2.24, 2.45) is 0 Å². The van der Waals surface area contributed by atoms with Crippen LogP contribution in [0.25, 0.3) is 16.8 Å². The van der Waals surface area contributed by atoms with E-state index >= 15 is 0 Å². The molecule has 0 aliphatic heterocycles. The Morgan fingerprint density at radius 2 is 1.78 bits per heavy atom. The van der Waals surface area contributed by atoms with Gasteiger partial charge in [-0.05, 0) is 61.7 Å². The number of nitrogens with zero attached hydrogens (tertiary/aromatic N) is 2. The molecule has 1 saturated carbocycles. The predicted molar refractivity (Wildman–Crippen MR) is 103 cm³/mol. The Hall–Kier alpha value is -3.11. The molecule has 3 aromatic rings. The van der Waals surface area contributed by atoms with E-state index in [1.807, 2.05) is 6.92 Å². The van der Waals surface area contributed by atoms with Gasteiger partial charge in [0.2, 0.25) is 0 Å². The third kappa shape index (κ3) is 2.98. The second-order valence-electron chi connectivity index (χ2n) is 6.74. The Morgan fingerprint density at radius 1 is 1.15 bits per heavy atom. The third-order valence-electron chi connectivity index (χ3n) is 4.81. The first-order chi connectivity index (χ1) is 12.9. The molecule has 0 radical (unpaired) electrons. The Bertz CT molecular complexity index is 1210. The molecule has 1 unspecified atom stereocenters. The van der Waals surface area contributed by atoms with Crippen LogP contribution >= 0.6 is 0 Å². The summed E-state index contributed by atoms with van der Waals surface area (Å²) in [6, 6.07) is 15.7. The average Bonchev–Trinajstić information content (AvgIpc) is 3.49. The van der Waals surface area contributed by atoms with Gasteiger partial charge in [0.05, 0.1) is 32.6 Å². The second kappa shape index (κ2) is 6.25. The molecule has 1 atom stereocenters. The molecular weight excluding hydrogens is 360 g/mol. The number of nitriles is 1. The quantitative estimate of drug-likeness (QED) is 0.725. The highest BCUT2D eigenvalue weighted by atomic mass is 32.2. The first-order valence-corrected chi connectivity index (χ1v) is 10.2. The smallest absolute Gasteiger partial charge is 0.279 e. The second-order valence-corrected chi connectivity index (χ2v) is 9.07. The van der Waals surface area contributed by atoms with Crippen LogP contribution < -0.4 is 5.56 Å². The van der Waals surface area contributed by atoms with E-state index in [4.69, 9.17) is 10.0 Å². The summed E-state index contributed by atoms with van der Waals surface area (Å²) >= 11 is 0. The summed E-state index contributed by atoms with van der Waals surface area (Å²) in [6.07, 6.45) is 1.68. The molecular formula is C20H18N4O2S. The van der Waals surface area contributed by atoms with E-state index in [0.717, 1.165) is 24.1 Å². The van der Waals surface area contributed by atoms with Crippen molar-refractivity contribution in [1.82, 2.24) is 9.78 Å². The maximum Gasteiger partial charge on any atom is 0.279 e. The number of benzene rings is 2. The zero-order valence-electron chi connectivity index (χ0n) is 14.7. The van der Waals surface area contributed by atoms with Crippen molar-refractivity contribution in [3.8, 4) is 22.9 Å². The lowest BCUT2D eigenvalue weighted by Gasteiger charge is -2.07. The van der Waals surface area contributed by atoms with Crippen molar-refractivity contribution in [3.63, 3.8) is 0 Å². The molecule has 2 N–H and O–H groups in total. The number of aromatic amines is 1. The lowest BCUT2D eigenvalue weighted by Crippen LogP contribution is -2.16. The fourth-order valence-electron chi connectivity index (χ4n) is 3.17. The molecule has 0 spiro atoms. The van der Waals surface area contributed by atoms with Crippen LogP contribution in [0.1, 0.15) is 24.1 Å². The highest BCUT2D eigenvalue weighted by Crippen LogP contribution is 2.34. The molecule has 7 heteroatoms. The van der Waals surface area contributed by atoms with Gasteiger partial charge in [0.1, 0.15) is 0 Å². The Morgan fingerprint density at radius 3 is 2.33 bits per heavy atom. The van der Waals surface area contributed by atoms with Gasteiger partial charge in [-0.2, -0.15) is 5.26 Å². The highest BCUT2D eigenvalue weighted by molar-refractivity contribution is 7.93. The van der Waals surface area contributed by atoms with Crippen molar-refractivity contribution in [3.05, 3.63) is 70.1 Å². The molecule has 2 aromatic carbocycles. The fraction of sp³-hybridized carbons (Fsp3) is 0.200. The van der Waals surface area contributed by atoms with Gasteiger partial charge < -0.3 is 0 Å². The number of hydrogen-bond acceptors (Lipinski definition) is 4. The summed E-state index contributed by atoms with van der Waals surface area (Å²) in [5, 5.41) is 12.0.